The lowest BCUT2D eigenvalue weighted by Gasteiger charge is -2.09. The molecule has 0 aliphatic heterocycles. The van der Waals surface area contributed by atoms with Gasteiger partial charge in [-0.2, -0.15) is 0 Å². The van der Waals surface area contributed by atoms with Crippen molar-refractivity contribution in [2.75, 3.05) is 5.75 Å². The summed E-state index contributed by atoms with van der Waals surface area (Å²) in [5.41, 5.74) is 1.36. The zero-order valence-corrected chi connectivity index (χ0v) is 11.4. The zero-order valence-electron chi connectivity index (χ0n) is 10.6. The Labute approximate surface area is 112 Å². The monoisotopic (exact) mass is 278 g/mol. The molecule has 0 N–H and O–H groups in total. The lowest BCUT2D eigenvalue weighted by molar-refractivity contribution is 0.374. The lowest BCUT2D eigenvalue weighted by atomic mass is 10.1. The highest BCUT2D eigenvalue weighted by Gasteiger charge is 2.21. The first kappa shape index (κ1) is 13.7. The summed E-state index contributed by atoms with van der Waals surface area (Å²) in [5.74, 6) is -0.528. The van der Waals surface area contributed by atoms with Crippen molar-refractivity contribution in [2.24, 2.45) is 0 Å². The van der Waals surface area contributed by atoms with Gasteiger partial charge in [0.2, 0.25) is 0 Å². The Bertz CT molecular complexity index is 634. The summed E-state index contributed by atoms with van der Waals surface area (Å²) in [6, 6.07) is 14.8. The van der Waals surface area contributed by atoms with Gasteiger partial charge in [-0.15, -0.1) is 0 Å². The van der Waals surface area contributed by atoms with E-state index in [9.17, 15) is 12.8 Å². The predicted octanol–water partition coefficient (Wildman–Crippen LogP) is 3.48. The summed E-state index contributed by atoms with van der Waals surface area (Å²) < 4.78 is 38.2. The van der Waals surface area contributed by atoms with Crippen molar-refractivity contribution in [3.63, 3.8) is 0 Å². The second-order valence-electron chi connectivity index (χ2n) is 4.47. The smallest absolute Gasteiger partial charge is 0.181 e. The van der Waals surface area contributed by atoms with E-state index in [1.54, 1.807) is 42.5 Å². The molecule has 100 valence electrons. The highest BCUT2D eigenvalue weighted by molar-refractivity contribution is 7.91. The van der Waals surface area contributed by atoms with Crippen LogP contribution in [0.1, 0.15) is 17.3 Å². The van der Waals surface area contributed by atoms with Crippen LogP contribution in [0.4, 0.5) is 4.39 Å². The second-order valence-corrected chi connectivity index (χ2v) is 6.51. The molecule has 0 aliphatic rings. The van der Waals surface area contributed by atoms with Crippen LogP contribution in [-0.2, 0) is 9.84 Å². The third-order valence-electron chi connectivity index (χ3n) is 2.91. The molecule has 0 bridgehead atoms. The fourth-order valence-corrected chi connectivity index (χ4v) is 3.11. The van der Waals surface area contributed by atoms with E-state index >= 15 is 0 Å². The molecule has 0 spiro atoms. The first-order chi connectivity index (χ1) is 8.99. The maximum atomic E-state index is 14.0. The number of aryl methyl sites for hydroxylation is 1. The number of benzene rings is 2. The molecule has 0 heterocycles. The van der Waals surface area contributed by atoms with E-state index < -0.39 is 21.8 Å². The molecule has 1 atom stereocenters. The van der Waals surface area contributed by atoms with Crippen molar-refractivity contribution < 1.29 is 12.8 Å². The van der Waals surface area contributed by atoms with Gasteiger partial charge in [-0.1, -0.05) is 48.0 Å². The van der Waals surface area contributed by atoms with Crippen molar-refractivity contribution in [3.05, 3.63) is 65.7 Å². The number of hydrogen-bond acceptors (Lipinski definition) is 2. The first-order valence-corrected chi connectivity index (χ1v) is 7.63. The molecule has 4 heteroatoms. The van der Waals surface area contributed by atoms with Gasteiger partial charge in [0.25, 0.3) is 0 Å². The van der Waals surface area contributed by atoms with Crippen LogP contribution in [0.25, 0.3) is 0 Å². The van der Waals surface area contributed by atoms with Crippen LogP contribution in [0, 0.1) is 6.92 Å². The van der Waals surface area contributed by atoms with E-state index in [0.717, 1.165) is 5.56 Å². The Hall–Kier alpha value is -1.68. The number of sulfone groups is 1. The molecule has 0 saturated heterocycles. The molecule has 2 nitrogen and oxygen atoms in total. The molecule has 2 aromatic carbocycles. The van der Waals surface area contributed by atoms with Gasteiger partial charge in [-0.3, -0.25) is 0 Å². The molecule has 0 amide bonds. The zero-order chi connectivity index (χ0) is 13.9. The first-order valence-electron chi connectivity index (χ1n) is 5.97. The summed E-state index contributed by atoms with van der Waals surface area (Å²) >= 11 is 0. The van der Waals surface area contributed by atoms with E-state index in [1.807, 2.05) is 6.92 Å². The summed E-state index contributed by atoms with van der Waals surface area (Å²) in [5, 5.41) is 0. The number of rotatable bonds is 4. The second kappa shape index (κ2) is 5.53. The topological polar surface area (TPSA) is 34.1 Å². The van der Waals surface area contributed by atoms with Crippen LogP contribution in [0.5, 0.6) is 0 Å². The van der Waals surface area contributed by atoms with Crippen molar-refractivity contribution in [1.29, 1.82) is 0 Å². The summed E-state index contributed by atoms with van der Waals surface area (Å²) in [6.07, 6.45) is -1.51. The van der Waals surface area contributed by atoms with Gasteiger partial charge in [-0.25, -0.2) is 12.8 Å². The normalized spacial score (nSPS) is 13.2. The van der Waals surface area contributed by atoms with Gasteiger partial charge in [0.15, 0.2) is 9.84 Å². The largest absolute Gasteiger partial charge is 0.241 e. The molecular formula is C15H15FO2S. The molecular weight excluding hydrogens is 263 g/mol. The maximum Gasteiger partial charge on any atom is 0.181 e. The van der Waals surface area contributed by atoms with Crippen molar-refractivity contribution in [3.8, 4) is 0 Å². The van der Waals surface area contributed by atoms with Gasteiger partial charge in [-0.05, 0) is 24.6 Å². The lowest BCUT2D eigenvalue weighted by Crippen LogP contribution is -2.12. The van der Waals surface area contributed by atoms with Crippen LogP contribution < -0.4 is 0 Å². The van der Waals surface area contributed by atoms with Crippen molar-refractivity contribution in [1.82, 2.24) is 0 Å². The Morgan fingerprint density at radius 2 is 1.58 bits per heavy atom. The molecule has 2 rings (SSSR count). The molecule has 0 fully saturated rings. The Morgan fingerprint density at radius 3 is 2.16 bits per heavy atom. The number of alkyl halides is 1. The minimum atomic E-state index is -3.60. The standard InChI is InChI=1S/C15H15FO2S/c1-12-7-9-14(10-8-12)19(17,18)11-15(16)13-5-3-2-4-6-13/h2-10,15H,11H2,1H3. The third-order valence-corrected chi connectivity index (χ3v) is 4.63. The van der Waals surface area contributed by atoms with Crippen molar-refractivity contribution >= 4 is 9.84 Å². The Balaban J connectivity index is 2.20. The number of halogens is 1. The minimum absolute atomic E-state index is 0.164. The Morgan fingerprint density at radius 1 is 1.00 bits per heavy atom. The average Bonchev–Trinajstić information content (AvgIpc) is 2.40. The molecule has 2 aromatic rings. The average molecular weight is 278 g/mol. The highest BCUT2D eigenvalue weighted by Crippen LogP contribution is 2.23. The highest BCUT2D eigenvalue weighted by atomic mass is 32.2. The van der Waals surface area contributed by atoms with Crippen molar-refractivity contribution in [2.45, 2.75) is 18.0 Å². The Kier molecular flexibility index (Phi) is 4.00. The van der Waals surface area contributed by atoms with Crippen LogP contribution in [-0.4, -0.2) is 14.2 Å². The van der Waals surface area contributed by atoms with E-state index in [-0.39, 0.29) is 4.90 Å². The van der Waals surface area contributed by atoms with Gasteiger partial charge in [0.1, 0.15) is 6.17 Å². The molecule has 0 aliphatic carbocycles. The van der Waals surface area contributed by atoms with E-state index in [2.05, 4.69) is 0 Å². The SMILES string of the molecule is Cc1ccc(S(=O)(=O)CC(F)c2ccccc2)cc1. The van der Waals surface area contributed by atoms with Gasteiger partial charge in [0.05, 0.1) is 10.6 Å². The summed E-state index contributed by atoms with van der Waals surface area (Å²) in [4.78, 5) is 0.164. The fourth-order valence-electron chi connectivity index (χ4n) is 1.79. The molecule has 19 heavy (non-hydrogen) atoms. The quantitative estimate of drug-likeness (QED) is 0.858. The van der Waals surface area contributed by atoms with Gasteiger partial charge >= 0.3 is 0 Å². The molecule has 0 aromatic heterocycles. The van der Waals surface area contributed by atoms with Crippen LogP contribution >= 0.6 is 0 Å². The van der Waals surface area contributed by atoms with Gasteiger partial charge in [0, 0.05) is 0 Å². The molecule has 0 radical (unpaired) electrons. The third kappa shape index (κ3) is 3.41. The van der Waals surface area contributed by atoms with Crippen LogP contribution in [0.2, 0.25) is 0 Å². The summed E-state index contributed by atoms with van der Waals surface area (Å²) in [6.45, 7) is 1.87. The maximum absolute atomic E-state index is 14.0. The molecule has 1 unspecified atom stereocenters. The summed E-state index contributed by atoms with van der Waals surface area (Å²) in [7, 11) is -3.60. The molecule has 0 saturated carbocycles. The van der Waals surface area contributed by atoms with E-state index in [0.29, 0.717) is 5.56 Å². The fraction of sp³-hybridized carbons (Fsp3) is 0.200. The van der Waals surface area contributed by atoms with Gasteiger partial charge < -0.3 is 0 Å². The minimum Gasteiger partial charge on any atom is -0.241 e. The predicted molar refractivity (Wildman–Crippen MR) is 73.5 cm³/mol. The van der Waals surface area contributed by atoms with E-state index in [4.69, 9.17) is 0 Å². The van der Waals surface area contributed by atoms with E-state index in [1.165, 1.54) is 12.1 Å². The number of hydrogen-bond donors (Lipinski definition) is 0. The van der Waals surface area contributed by atoms with Crippen LogP contribution in [0.15, 0.2) is 59.5 Å². The van der Waals surface area contributed by atoms with Crippen LogP contribution in [0.3, 0.4) is 0 Å².